The Kier molecular flexibility index (Phi) is 8.37. The molecule has 0 aromatic carbocycles. The van der Waals surface area contributed by atoms with Crippen LogP contribution in [0.2, 0.25) is 0 Å². The summed E-state index contributed by atoms with van der Waals surface area (Å²) in [6.45, 7) is 4.54. The van der Waals surface area contributed by atoms with E-state index in [0.717, 1.165) is 51.1 Å². The third-order valence-electron chi connectivity index (χ3n) is 3.91. The zero-order chi connectivity index (χ0) is 16.8. The van der Waals surface area contributed by atoms with Crippen LogP contribution in [-0.4, -0.2) is 60.6 Å². The van der Waals surface area contributed by atoms with Crippen molar-refractivity contribution in [2.75, 3.05) is 44.7 Å². The van der Waals surface area contributed by atoms with Gasteiger partial charge < -0.3 is 15.1 Å². The number of piperazine rings is 1. The smallest absolute Gasteiger partial charge is 0.225 e. The number of anilines is 1. The van der Waals surface area contributed by atoms with Gasteiger partial charge in [-0.1, -0.05) is 0 Å². The lowest BCUT2D eigenvalue weighted by atomic mass is 10.3. The summed E-state index contributed by atoms with van der Waals surface area (Å²) < 4.78 is 1.18. The second kappa shape index (κ2) is 10.3. The van der Waals surface area contributed by atoms with Crippen molar-refractivity contribution in [3.63, 3.8) is 0 Å². The predicted molar refractivity (Wildman–Crippen MR) is 118 cm³/mol. The molecule has 1 fully saturated rings. The minimum Gasteiger partial charge on any atom is -0.356 e. The molecule has 0 radical (unpaired) electrons. The Labute approximate surface area is 177 Å². The third-order valence-corrected chi connectivity index (χ3v) is 5.59. The van der Waals surface area contributed by atoms with Crippen LogP contribution in [0.15, 0.2) is 39.4 Å². The Morgan fingerprint density at radius 3 is 2.56 bits per heavy atom. The number of nitrogens with one attached hydrogen (secondary N) is 1. The van der Waals surface area contributed by atoms with Crippen LogP contribution in [-0.2, 0) is 6.42 Å². The second-order valence-corrected chi connectivity index (χ2v) is 8.00. The van der Waals surface area contributed by atoms with Gasteiger partial charge in [-0.15, -0.1) is 35.3 Å². The fourth-order valence-corrected chi connectivity index (χ4v) is 4.17. The first-order chi connectivity index (χ1) is 11.8. The van der Waals surface area contributed by atoms with E-state index in [1.807, 2.05) is 13.1 Å². The fraction of sp³-hybridized carbons (Fsp3) is 0.438. The van der Waals surface area contributed by atoms with Gasteiger partial charge in [0.1, 0.15) is 0 Å². The molecular formula is C16H22BrIN6S. The molecule has 0 bridgehead atoms. The highest BCUT2D eigenvalue weighted by Crippen LogP contribution is 2.22. The van der Waals surface area contributed by atoms with Gasteiger partial charge in [-0.3, -0.25) is 4.99 Å². The topological polar surface area (TPSA) is 56.7 Å². The van der Waals surface area contributed by atoms with E-state index in [1.165, 1.54) is 8.66 Å². The Morgan fingerprint density at radius 1 is 1.24 bits per heavy atom. The van der Waals surface area contributed by atoms with Crippen molar-refractivity contribution in [2.45, 2.75) is 6.42 Å². The van der Waals surface area contributed by atoms with Crippen LogP contribution in [0.1, 0.15) is 4.88 Å². The van der Waals surface area contributed by atoms with E-state index in [-0.39, 0.29) is 24.0 Å². The number of hydrogen-bond acceptors (Lipinski definition) is 5. The lowest BCUT2D eigenvalue weighted by Crippen LogP contribution is -2.53. The van der Waals surface area contributed by atoms with E-state index in [2.05, 4.69) is 58.1 Å². The molecule has 136 valence electrons. The van der Waals surface area contributed by atoms with Gasteiger partial charge >= 0.3 is 0 Å². The maximum absolute atomic E-state index is 4.42. The van der Waals surface area contributed by atoms with Crippen molar-refractivity contribution < 1.29 is 0 Å². The van der Waals surface area contributed by atoms with Gasteiger partial charge in [-0.25, -0.2) is 9.97 Å². The van der Waals surface area contributed by atoms with Gasteiger partial charge in [0.2, 0.25) is 5.95 Å². The number of rotatable bonds is 4. The first kappa shape index (κ1) is 20.4. The zero-order valence-electron chi connectivity index (χ0n) is 14.1. The quantitative estimate of drug-likeness (QED) is 0.370. The summed E-state index contributed by atoms with van der Waals surface area (Å²) in [4.78, 5) is 19.0. The summed E-state index contributed by atoms with van der Waals surface area (Å²) >= 11 is 5.29. The van der Waals surface area contributed by atoms with Gasteiger partial charge in [0.25, 0.3) is 0 Å². The molecule has 0 aliphatic carbocycles. The molecule has 0 spiro atoms. The summed E-state index contributed by atoms with van der Waals surface area (Å²) in [6, 6.07) is 6.11. The first-order valence-corrected chi connectivity index (χ1v) is 9.59. The van der Waals surface area contributed by atoms with Crippen molar-refractivity contribution in [2.24, 2.45) is 4.99 Å². The van der Waals surface area contributed by atoms with Gasteiger partial charge in [0.15, 0.2) is 5.96 Å². The van der Waals surface area contributed by atoms with Crippen LogP contribution >= 0.6 is 51.2 Å². The van der Waals surface area contributed by atoms with E-state index >= 15 is 0 Å². The minimum absolute atomic E-state index is 0. The van der Waals surface area contributed by atoms with Crippen LogP contribution in [0, 0.1) is 0 Å². The molecule has 25 heavy (non-hydrogen) atoms. The number of halogens is 2. The molecule has 6 nitrogen and oxygen atoms in total. The number of guanidine groups is 1. The largest absolute Gasteiger partial charge is 0.356 e. The van der Waals surface area contributed by atoms with Crippen molar-refractivity contribution in [3.8, 4) is 0 Å². The summed E-state index contributed by atoms with van der Waals surface area (Å²) in [6.07, 6.45) is 4.59. The molecule has 1 saturated heterocycles. The lowest BCUT2D eigenvalue weighted by molar-refractivity contribution is 0.370. The Bertz CT molecular complexity index is 672. The van der Waals surface area contributed by atoms with E-state index in [1.54, 1.807) is 23.7 Å². The molecule has 0 unspecified atom stereocenters. The molecule has 2 aromatic heterocycles. The minimum atomic E-state index is 0. The molecule has 2 aromatic rings. The number of aromatic nitrogens is 2. The van der Waals surface area contributed by atoms with E-state index in [0.29, 0.717) is 0 Å². The van der Waals surface area contributed by atoms with Crippen LogP contribution < -0.4 is 10.2 Å². The standard InChI is InChI=1S/C16H21BrN6S.HI/c1-18-15(21-8-5-13-3-4-14(17)24-13)22-9-11-23(12-10-22)16-19-6-2-7-20-16;/h2-4,6-7H,5,8-12H2,1H3,(H,18,21);1H. The van der Waals surface area contributed by atoms with Crippen molar-refractivity contribution in [3.05, 3.63) is 39.3 Å². The predicted octanol–water partition coefficient (Wildman–Crippen LogP) is 2.86. The Morgan fingerprint density at radius 2 is 1.96 bits per heavy atom. The number of thiophene rings is 1. The lowest BCUT2D eigenvalue weighted by Gasteiger charge is -2.36. The summed E-state index contributed by atoms with van der Waals surface area (Å²) in [5.74, 6) is 1.78. The molecule has 1 aliphatic rings. The molecule has 9 heteroatoms. The molecule has 0 amide bonds. The summed E-state index contributed by atoms with van der Waals surface area (Å²) in [5, 5.41) is 3.47. The second-order valence-electron chi connectivity index (χ2n) is 5.45. The summed E-state index contributed by atoms with van der Waals surface area (Å²) in [5.41, 5.74) is 0. The maximum atomic E-state index is 4.42. The Hall–Kier alpha value is -0.940. The van der Waals surface area contributed by atoms with Crippen LogP contribution in [0.4, 0.5) is 5.95 Å². The van der Waals surface area contributed by atoms with Gasteiger partial charge in [0, 0.05) is 57.0 Å². The Balaban J connectivity index is 0.00000225. The fourth-order valence-electron chi connectivity index (χ4n) is 2.69. The normalized spacial score (nSPS) is 15.0. The molecule has 3 rings (SSSR count). The molecule has 0 atom stereocenters. The van der Waals surface area contributed by atoms with Crippen molar-refractivity contribution in [1.82, 2.24) is 20.2 Å². The molecular weight excluding hydrogens is 515 g/mol. The zero-order valence-corrected chi connectivity index (χ0v) is 18.8. The highest BCUT2D eigenvalue weighted by molar-refractivity contribution is 14.0. The molecule has 3 heterocycles. The van der Waals surface area contributed by atoms with Crippen LogP contribution in [0.3, 0.4) is 0 Å². The van der Waals surface area contributed by atoms with Gasteiger partial charge in [-0.05, 0) is 40.5 Å². The van der Waals surface area contributed by atoms with E-state index < -0.39 is 0 Å². The molecule has 1 N–H and O–H groups in total. The van der Waals surface area contributed by atoms with Crippen molar-refractivity contribution >= 4 is 63.2 Å². The average molecular weight is 537 g/mol. The first-order valence-electron chi connectivity index (χ1n) is 7.98. The van der Waals surface area contributed by atoms with Crippen LogP contribution in [0.5, 0.6) is 0 Å². The van der Waals surface area contributed by atoms with Crippen LogP contribution in [0.25, 0.3) is 0 Å². The molecule has 1 aliphatic heterocycles. The van der Waals surface area contributed by atoms with E-state index in [9.17, 15) is 0 Å². The summed E-state index contributed by atoms with van der Waals surface area (Å²) in [7, 11) is 1.84. The highest BCUT2D eigenvalue weighted by Gasteiger charge is 2.20. The number of aliphatic imine (C=N–C) groups is 1. The monoisotopic (exact) mass is 536 g/mol. The van der Waals surface area contributed by atoms with Gasteiger partial charge in [-0.2, -0.15) is 0 Å². The van der Waals surface area contributed by atoms with E-state index in [4.69, 9.17) is 0 Å². The maximum Gasteiger partial charge on any atom is 0.225 e. The van der Waals surface area contributed by atoms with Crippen molar-refractivity contribution in [1.29, 1.82) is 0 Å². The number of hydrogen-bond donors (Lipinski definition) is 1. The van der Waals surface area contributed by atoms with Gasteiger partial charge in [0.05, 0.1) is 3.79 Å². The average Bonchev–Trinajstić information content (AvgIpc) is 3.05. The molecule has 0 saturated carbocycles. The highest BCUT2D eigenvalue weighted by atomic mass is 127. The third kappa shape index (κ3) is 5.78. The number of nitrogens with zero attached hydrogens (tertiary/aromatic N) is 5. The SMILES string of the molecule is CN=C(NCCc1ccc(Br)s1)N1CCN(c2ncccn2)CC1.I.